The summed E-state index contributed by atoms with van der Waals surface area (Å²) < 4.78 is 7.40. The Balaban J connectivity index is 2.02. The standard InChI is InChI=1S/C16H22N4OS/c1-5-21-15-9-7-6-8-14(15)18-16(22)17-11(2)13-10-20(4)19-12(13)3/h6-11H,5H2,1-4H3,(H2,17,18,22). The van der Waals surface area contributed by atoms with E-state index in [1.165, 1.54) is 0 Å². The van der Waals surface area contributed by atoms with Gasteiger partial charge in [-0.05, 0) is 45.1 Å². The molecule has 2 aromatic rings. The van der Waals surface area contributed by atoms with Gasteiger partial charge < -0.3 is 15.4 Å². The van der Waals surface area contributed by atoms with E-state index >= 15 is 0 Å². The van der Waals surface area contributed by atoms with E-state index in [9.17, 15) is 0 Å². The molecule has 0 spiro atoms. The van der Waals surface area contributed by atoms with E-state index < -0.39 is 0 Å². The third-order valence-electron chi connectivity index (χ3n) is 3.30. The molecule has 1 atom stereocenters. The molecule has 0 aliphatic heterocycles. The Morgan fingerprint density at radius 2 is 2.14 bits per heavy atom. The molecule has 0 aliphatic carbocycles. The van der Waals surface area contributed by atoms with Gasteiger partial charge in [0.1, 0.15) is 5.75 Å². The molecule has 5 nitrogen and oxygen atoms in total. The highest BCUT2D eigenvalue weighted by Crippen LogP contribution is 2.24. The van der Waals surface area contributed by atoms with E-state index in [-0.39, 0.29) is 6.04 Å². The van der Waals surface area contributed by atoms with Crippen molar-refractivity contribution in [1.29, 1.82) is 0 Å². The van der Waals surface area contributed by atoms with Crippen LogP contribution in [0, 0.1) is 6.92 Å². The minimum absolute atomic E-state index is 0.0768. The summed E-state index contributed by atoms with van der Waals surface area (Å²) in [5.41, 5.74) is 2.99. The van der Waals surface area contributed by atoms with Crippen molar-refractivity contribution in [3.8, 4) is 5.75 Å². The quantitative estimate of drug-likeness (QED) is 0.829. The Morgan fingerprint density at radius 3 is 2.77 bits per heavy atom. The lowest BCUT2D eigenvalue weighted by molar-refractivity contribution is 0.342. The van der Waals surface area contributed by atoms with Crippen LogP contribution >= 0.6 is 12.2 Å². The van der Waals surface area contributed by atoms with Crippen molar-refractivity contribution in [2.45, 2.75) is 26.8 Å². The number of anilines is 1. The van der Waals surface area contributed by atoms with Crippen LogP contribution in [0.5, 0.6) is 5.75 Å². The lowest BCUT2D eigenvalue weighted by Crippen LogP contribution is -2.31. The smallest absolute Gasteiger partial charge is 0.171 e. The predicted molar refractivity (Wildman–Crippen MR) is 93.3 cm³/mol. The maximum Gasteiger partial charge on any atom is 0.171 e. The van der Waals surface area contributed by atoms with Gasteiger partial charge in [0.05, 0.1) is 24.0 Å². The molecule has 0 radical (unpaired) electrons. The maximum atomic E-state index is 5.59. The molecule has 1 aromatic carbocycles. The third kappa shape index (κ3) is 3.98. The van der Waals surface area contributed by atoms with Crippen molar-refractivity contribution in [3.63, 3.8) is 0 Å². The zero-order chi connectivity index (χ0) is 16.1. The summed E-state index contributed by atoms with van der Waals surface area (Å²) in [6.07, 6.45) is 2.00. The fraction of sp³-hybridized carbons (Fsp3) is 0.375. The Hall–Kier alpha value is -2.08. The Morgan fingerprint density at radius 1 is 1.41 bits per heavy atom. The number of hydrogen-bond acceptors (Lipinski definition) is 3. The molecule has 0 saturated heterocycles. The van der Waals surface area contributed by atoms with Gasteiger partial charge in [0.2, 0.25) is 0 Å². The molecule has 1 unspecified atom stereocenters. The molecule has 0 aliphatic rings. The molecule has 118 valence electrons. The van der Waals surface area contributed by atoms with E-state index in [1.54, 1.807) is 0 Å². The van der Waals surface area contributed by atoms with Gasteiger partial charge in [-0.25, -0.2) is 0 Å². The minimum atomic E-state index is 0.0768. The average molecular weight is 318 g/mol. The van der Waals surface area contributed by atoms with Gasteiger partial charge >= 0.3 is 0 Å². The number of aryl methyl sites for hydroxylation is 2. The number of nitrogens with zero attached hydrogens (tertiary/aromatic N) is 2. The number of nitrogens with one attached hydrogen (secondary N) is 2. The van der Waals surface area contributed by atoms with Gasteiger partial charge in [-0.3, -0.25) is 4.68 Å². The lowest BCUT2D eigenvalue weighted by atomic mass is 10.1. The van der Waals surface area contributed by atoms with Crippen LogP contribution in [0.2, 0.25) is 0 Å². The zero-order valence-corrected chi connectivity index (χ0v) is 14.2. The van der Waals surface area contributed by atoms with Crippen molar-refractivity contribution in [2.24, 2.45) is 7.05 Å². The van der Waals surface area contributed by atoms with Gasteiger partial charge in [-0.2, -0.15) is 5.10 Å². The van der Waals surface area contributed by atoms with Crippen LogP contribution in [-0.2, 0) is 7.05 Å². The highest BCUT2D eigenvalue weighted by molar-refractivity contribution is 7.80. The first-order chi connectivity index (χ1) is 10.5. The number of rotatable bonds is 5. The second-order valence-electron chi connectivity index (χ2n) is 5.09. The molecule has 1 aromatic heterocycles. The molecule has 2 N–H and O–H groups in total. The van der Waals surface area contributed by atoms with Crippen molar-refractivity contribution >= 4 is 23.0 Å². The SMILES string of the molecule is CCOc1ccccc1NC(=S)NC(C)c1cn(C)nc1C. The Labute approximate surface area is 136 Å². The molecule has 0 bridgehead atoms. The van der Waals surface area contributed by atoms with Gasteiger partial charge in [-0.15, -0.1) is 0 Å². The Bertz CT molecular complexity index is 653. The van der Waals surface area contributed by atoms with Gasteiger partial charge in [0.15, 0.2) is 5.11 Å². The van der Waals surface area contributed by atoms with Gasteiger partial charge in [-0.1, -0.05) is 12.1 Å². The van der Waals surface area contributed by atoms with E-state index in [0.29, 0.717) is 11.7 Å². The zero-order valence-electron chi connectivity index (χ0n) is 13.4. The molecule has 0 saturated carbocycles. The van der Waals surface area contributed by atoms with Crippen molar-refractivity contribution in [2.75, 3.05) is 11.9 Å². The third-order valence-corrected chi connectivity index (χ3v) is 3.52. The maximum absolute atomic E-state index is 5.59. The minimum Gasteiger partial charge on any atom is -0.492 e. The highest BCUT2D eigenvalue weighted by Gasteiger charge is 2.13. The number of thiocarbonyl (C=S) groups is 1. The topological polar surface area (TPSA) is 51.1 Å². The number of aromatic nitrogens is 2. The van der Waals surface area contributed by atoms with Crippen molar-refractivity contribution < 1.29 is 4.74 Å². The van der Waals surface area contributed by atoms with E-state index in [1.807, 2.05) is 56.0 Å². The van der Waals surface area contributed by atoms with Crippen molar-refractivity contribution in [1.82, 2.24) is 15.1 Å². The summed E-state index contributed by atoms with van der Waals surface area (Å²) in [5.74, 6) is 0.791. The fourth-order valence-electron chi connectivity index (χ4n) is 2.33. The summed E-state index contributed by atoms with van der Waals surface area (Å²) in [6.45, 7) is 6.63. The van der Waals surface area contributed by atoms with Gasteiger partial charge in [0.25, 0.3) is 0 Å². The number of ether oxygens (including phenoxy) is 1. The second-order valence-corrected chi connectivity index (χ2v) is 5.50. The van der Waals surface area contributed by atoms with E-state index in [0.717, 1.165) is 22.7 Å². The molecule has 1 heterocycles. The second kappa shape index (κ2) is 7.26. The van der Waals surface area contributed by atoms with E-state index in [4.69, 9.17) is 17.0 Å². The lowest BCUT2D eigenvalue weighted by Gasteiger charge is -2.18. The first kappa shape index (κ1) is 16.3. The number of benzene rings is 1. The van der Waals surface area contributed by atoms with Crippen LogP contribution in [0.25, 0.3) is 0 Å². The van der Waals surface area contributed by atoms with Crippen LogP contribution in [0.15, 0.2) is 30.5 Å². The molecule has 6 heteroatoms. The molecule has 22 heavy (non-hydrogen) atoms. The molecular formula is C16H22N4OS. The van der Waals surface area contributed by atoms with Crippen molar-refractivity contribution in [3.05, 3.63) is 41.7 Å². The molecular weight excluding hydrogens is 296 g/mol. The Kier molecular flexibility index (Phi) is 5.38. The summed E-state index contributed by atoms with van der Waals surface area (Å²) in [5, 5.41) is 11.4. The van der Waals surface area contributed by atoms with Gasteiger partial charge in [0, 0.05) is 18.8 Å². The fourth-order valence-corrected chi connectivity index (χ4v) is 2.61. The van der Waals surface area contributed by atoms with Crippen LogP contribution in [-0.4, -0.2) is 21.5 Å². The first-order valence-corrected chi connectivity index (χ1v) is 7.71. The van der Waals surface area contributed by atoms with E-state index in [2.05, 4.69) is 22.7 Å². The molecule has 2 rings (SSSR count). The number of hydrogen-bond donors (Lipinski definition) is 2. The molecule has 0 fully saturated rings. The summed E-state index contributed by atoms with van der Waals surface area (Å²) in [6, 6.07) is 7.83. The predicted octanol–water partition coefficient (Wildman–Crippen LogP) is 3.17. The summed E-state index contributed by atoms with van der Waals surface area (Å²) in [7, 11) is 1.91. The summed E-state index contributed by atoms with van der Waals surface area (Å²) >= 11 is 5.40. The molecule has 0 amide bonds. The summed E-state index contributed by atoms with van der Waals surface area (Å²) in [4.78, 5) is 0. The van der Waals surface area contributed by atoms with Crippen LogP contribution in [0.3, 0.4) is 0 Å². The number of para-hydroxylation sites is 2. The normalized spacial score (nSPS) is 11.8. The average Bonchev–Trinajstić information content (AvgIpc) is 2.80. The van der Waals surface area contributed by atoms with Crippen LogP contribution < -0.4 is 15.4 Å². The largest absolute Gasteiger partial charge is 0.492 e. The van der Waals surface area contributed by atoms with Crippen LogP contribution in [0.4, 0.5) is 5.69 Å². The first-order valence-electron chi connectivity index (χ1n) is 7.30. The monoisotopic (exact) mass is 318 g/mol. The van der Waals surface area contributed by atoms with Crippen LogP contribution in [0.1, 0.15) is 31.1 Å². The highest BCUT2D eigenvalue weighted by atomic mass is 32.1.